The number of likely N-dealkylation sites (tertiary alicyclic amines) is 1. The number of rotatable bonds is 3. The second-order valence-electron chi connectivity index (χ2n) is 7.72. The molecule has 0 unspecified atom stereocenters. The van der Waals surface area contributed by atoms with Gasteiger partial charge < -0.3 is 24.2 Å². The number of nitrogens with zero attached hydrogens (tertiary/aromatic N) is 3. The molecule has 2 saturated heterocycles. The summed E-state index contributed by atoms with van der Waals surface area (Å²) in [5.74, 6) is 1.89. The second-order valence-corrected chi connectivity index (χ2v) is 7.72. The van der Waals surface area contributed by atoms with Crippen molar-refractivity contribution in [1.29, 1.82) is 0 Å². The summed E-state index contributed by atoms with van der Waals surface area (Å²) in [7, 11) is 1.60. The molecule has 0 saturated carbocycles. The maximum absolute atomic E-state index is 13.1. The lowest BCUT2D eigenvalue weighted by molar-refractivity contribution is 0.00959. The van der Waals surface area contributed by atoms with E-state index in [1.165, 1.54) is 0 Å². The quantitative estimate of drug-likeness (QED) is 0.872. The lowest BCUT2D eigenvalue weighted by Crippen LogP contribution is -2.38. The first-order valence-electron chi connectivity index (χ1n) is 9.59. The molecule has 0 radical (unpaired) electrons. The lowest BCUT2D eigenvalue weighted by Gasteiger charge is -2.36. The highest BCUT2D eigenvalue weighted by Gasteiger charge is 2.51. The number of ether oxygens (including phenoxy) is 2. The van der Waals surface area contributed by atoms with Crippen LogP contribution >= 0.6 is 0 Å². The molecule has 0 bridgehead atoms. The Bertz CT molecular complexity index is 860. The number of aromatic nitrogens is 2. The van der Waals surface area contributed by atoms with Crippen molar-refractivity contribution in [2.75, 3.05) is 38.7 Å². The van der Waals surface area contributed by atoms with Gasteiger partial charge in [0.25, 0.3) is 0 Å². The molecule has 1 N–H and O–H groups in total. The zero-order valence-corrected chi connectivity index (χ0v) is 16.5. The molecule has 2 fully saturated rings. The third-order valence-electron chi connectivity index (χ3n) is 5.86. The van der Waals surface area contributed by atoms with Crippen LogP contribution in [0.25, 0.3) is 0 Å². The van der Waals surface area contributed by atoms with Gasteiger partial charge in [0.1, 0.15) is 5.75 Å². The Hall–Kier alpha value is -2.61. The topological polar surface area (TPSA) is 89.7 Å². The number of carbonyl (C=O) groups is 1. The smallest absolute Gasteiger partial charge is 0.321 e. The van der Waals surface area contributed by atoms with Crippen LogP contribution in [0.15, 0.2) is 22.7 Å². The van der Waals surface area contributed by atoms with Crippen molar-refractivity contribution in [2.24, 2.45) is 5.41 Å². The monoisotopic (exact) mass is 386 g/mol. The molecule has 0 aliphatic carbocycles. The first-order valence-corrected chi connectivity index (χ1v) is 9.59. The number of methoxy groups -OCH3 is 1. The van der Waals surface area contributed by atoms with Crippen molar-refractivity contribution in [1.82, 2.24) is 15.0 Å². The van der Waals surface area contributed by atoms with Crippen molar-refractivity contribution in [3.63, 3.8) is 0 Å². The van der Waals surface area contributed by atoms with Crippen LogP contribution in [0.3, 0.4) is 0 Å². The summed E-state index contributed by atoms with van der Waals surface area (Å²) in [6, 6.07) is 5.58. The van der Waals surface area contributed by atoms with Gasteiger partial charge in [0.2, 0.25) is 5.89 Å². The summed E-state index contributed by atoms with van der Waals surface area (Å²) in [5.41, 5.74) is 1.63. The van der Waals surface area contributed by atoms with Crippen molar-refractivity contribution in [3.05, 3.63) is 35.5 Å². The molecule has 2 amide bonds. The minimum absolute atomic E-state index is 0.0164. The largest absolute Gasteiger partial charge is 0.495 e. The summed E-state index contributed by atoms with van der Waals surface area (Å²) >= 11 is 0. The van der Waals surface area contributed by atoms with Crippen molar-refractivity contribution < 1.29 is 18.8 Å². The minimum Gasteiger partial charge on any atom is -0.495 e. The fourth-order valence-corrected chi connectivity index (χ4v) is 4.32. The Morgan fingerprint density at radius 3 is 2.79 bits per heavy atom. The van der Waals surface area contributed by atoms with Crippen LogP contribution < -0.4 is 10.1 Å². The molecular formula is C20H26N4O4. The van der Waals surface area contributed by atoms with Gasteiger partial charge in [0, 0.05) is 31.7 Å². The predicted molar refractivity (Wildman–Crippen MR) is 103 cm³/mol. The van der Waals surface area contributed by atoms with E-state index in [4.69, 9.17) is 14.0 Å². The molecule has 2 aliphatic heterocycles. The van der Waals surface area contributed by atoms with Gasteiger partial charge in [-0.2, -0.15) is 4.98 Å². The Balaban J connectivity index is 1.57. The molecule has 3 heterocycles. The van der Waals surface area contributed by atoms with Crippen LogP contribution in [-0.4, -0.2) is 54.5 Å². The van der Waals surface area contributed by atoms with E-state index < -0.39 is 0 Å². The number of nitrogens with one attached hydrogen (secondary N) is 1. The summed E-state index contributed by atoms with van der Waals surface area (Å²) in [6.07, 6.45) is 1.74. The Morgan fingerprint density at radius 2 is 2.11 bits per heavy atom. The molecule has 1 aromatic heterocycles. The lowest BCUT2D eigenvalue weighted by atomic mass is 9.72. The minimum atomic E-state index is -0.145. The molecule has 2 aliphatic rings. The van der Waals surface area contributed by atoms with Crippen LogP contribution in [0.5, 0.6) is 5.75 Å². The standard InChI is InChI=1S/C20H26N4O4/c1-13-4-5-17(26-3)16(10-13)22-19(25)24-11-15(18-21-14(2)23-28-18)20(12-24)6-8-27-9-7-20/h4-5,10,15H,6-9,11-12H2,1-3H3,(H,22,25)/t15-/m1/s1. The second kappa shape index (κ2) is 7.43. The van der Waals surface area contributed by atoms with Crippen molar-refractivity contribution in [2.45, 2.75) is 32.6 Å². The number of benzene rings is 1. The van der Waals surface area contributed by atoms with Crippen LogP contribution in [0.4, 0.5) is 10.5 Å². The molecule has 28 heavy (non-hydrogen) atoms. The number of hydrogen-bond acceptors (Lipinski definition) is 6. The molecule has 1 aromatic carbocycles. The van der Waals surface area contributed by atoms with E-state index in [0.29, 0.717) is 49.5 Å². The van der Waals surface area contributed by atoms with Gasteiger partial charge in [-0.1, -0.05) is 11.2 Å². The molecule has 4 rings (SSSR count). The summed E-state index contributed by atoms with van der Waals surface area (Å²) < 4.78 is 16.5. The first kappa shape index (κ1) is 18.7. The average molecular weight is 386 g/mol. The van der Waals surface area contributed by atoms with Gasteiger partial charge in [-0.05, 0) is 44.4 Å². The van der Waals surface area contributed by atoms with Gasteiger partial charge in [0.15, 0.2) is 5.82 Å². The number of amides is 2. The van der Waals surface area contributed by atoms with E-state index >= 15 is 0 Å². The highest BCUT2D eigenvalue weighted by Crippen LogP contribution is 2.49. The van der Waals surface area contributed by atoms with E-state index in [2.05, 4.69) is 15.5 Å². The Morgan fingerprint density at radius 1 is 1.32 bits per heavy atom. The molecule has 1 atom stereocenters. The molecule has 1 spiro atoms. The highest BCUT2D eigenvalue weighted by molar-refractivity contribution is 5.91. The molecule has 150 valence electrons. The first-order chi connectivity index (χ1) is 13.5. The summed E-state index contributed by atoms with van der Waals surface area (Å²) in [4.78, 5) is 19.4. The molecule has 8 heteroatoms. The summed E-state index contributed by atoms with van der Waals surface area (Å²) in [6.45, 7) is 6.35. The normalized spacial score (nSPS) is 21.1. The van der Waals surface area contributed by atoms with E-state index in [9.17, 15) is 4.79 Å². The zero-order chi connectivity index (χ0) is 19.7. The predicted octanol–water partition coefficient (Wildman–Crippen LogP) is 3.12. The molecular weight excluding hydrogens is 360 g/mol. The third kappa shape index (κ3) is 3.44. The van der Waals surface area contributed by atoms with Crippen molar-refractivity contribution >= 4 is 11.7 Å². The van der Waals surface area contributed by atoms with Gasteiger partial charge in [0.05, 0.1) is 18.7 Å². The van der Waals surface area contributed by atoms with Crippen LogP contribution in [0, 0.1) is 19.3 Å². The average Bonchev–Trinajstić information content (AvgIpc) is 3.26. The fraction of sp³-hybridized carbons (Fsp3) is 0.550. The van der Waals surface area contributed by atoms with E-state index in [-0.39, 0.29) is 17.4 Å². The highest BCUT2D eigenvalue weighted by atomic mass is 16.5. The van der Waals surface area contributed by atoms with Crippen LogP contribution in [0.2, 0.25) is 0 Å². The van der Waals surface area contributed by atoms with E-state index in [0.717, 1.165) is 18.4 Å². The van der Waals surface area contributed by atoms with Crippen LogP contribution in [-0.2, 0) is 4.74 Å². The van der Waals surface area contributed by atoms with Crippen molar-refractivity contribution in [3.8, 4) is 5.75 Å². The van der Waals surface area contributed by atoms with Gasteiger partial charge in [-0.3, -0.25) is 0 Å². The number of aryl methyl sites for hydroxylation is 2. The maximum Gasteiger partial charge on any atom is 0.321 e. The van der Waals surface area contributed by atoms with Gasteiger partial charge in [-0.15, -0.1) is 0 Å². The molecule has 2 aromatic rings. The van der Waals surface area contributed by atoms with Gasteiger partial charge in [-0.25, -0.2) is 4.79 Å². The Kier molecular flexibility index (Phi) is 4.97. The van der Waals surface area contributed by atoms with E-state index in [1.807, 2.05) is 36.9 Å². The number of hydrogen-bond donors (Lipinski definition) is 1. The fourth-order valence-electron chi connectivity index (χ4n) is 4.32. The number of carbonyl (C=O) groups excluding carboxylic acids is 1. The maximum atomic E-state index is 13.1. The zero-order valence-electron chi connectivity index (χ0n) is 16.5. The summed E-state index contributed by atoms with van der Waals surface area (Å²) in [5, 5.41) is 6.96. The van der Waals surface area contributed by atoms with E-state index in [1.54, 1.807) is 7.11 Å². The number of anilines is 1. The number of urea groups is 1. The SMILES string of the molecule is COc1ccc(C)cc1NC(=O)N1C[C@H](c2nc(C)no2)C2(CCOCC2)C1. The van der Waals surface area contributed by atoms with Crippen LogP contribution in [0.1, 0.15) is 36.0 Å². The van der Waals surface area contributed by atoms with Gasteiger partial charge >= 0.3 is 6.03 Å². The third-order valence-corrected chi connectivity index (χ3v) is 5.86. The Labute approximate surface area is 164 Å². The molecule has 8 nitrogen and oxygen atoms in total.